The molecule has 6 nitrogen and oxygen atoms in total. The number of rotatable bonds is 7. The number of nitrogens with one attached hydrogen (secondary N) is 1. The molecule has 1 N–H and O–H groups in total. The summed E-state index contributed by atoms with van der Waals surface area (Å²) in [6.07, 6.45) is 8.56. The number of amides is 1. The highest BCUT2D eigenvalue weighted by atomic mass is 32.2. The molecule has 0 saturated heterocycles. The minimum absolute atomic E-state index is 0.0459. The molecule has 136 valence electrons. The van der Waals surface area contributed by atoms with Gasteiger partial charge in [-0.2, -0.15) is 0 Å². The number of furan rings is 1. The molecule has 1 aliphatic rings. The van der Waals surface area contributed by atoms with Gasteiger partial charge in [0.25, 0.3) is 0 Å². The molecule has 1 unspecified atom stereocenters. The Morgan fingerprint density at radius 3 is 2.88 bits per heavy atom. The first-order valence-electron chi connectivity index (χ1n) is 9.13. The Kier molecular flexibility index (Phi) is 6.18. The van der Waals surface area contributed by atoms with Crippen molar-refractivity contribution in [3.63, 3.8) is 0 Å². The number of carbonyl (C=O) groups excluding carboxylic acids is 1. The molecule has 25 heavy (non-hydrogen) atoms. The summed E-state index contributed by atoms with van der Waals surface area (Å²) in [6.45, 7) is 4.67. The number of nitrogens with zero attached hydrogens (tertiary/aromatic N) is 3. The summed E-state index contributed by atoms with van der Waals surface area (Å²) >= 11 is 1.48. The van der Waals surface area contributed by atoms with Gasteiger partial charge in [-0.15, -0.1) is 10.2 Å². The van der Waals surface area contributed by atoms with Crippen molar-refractivity contribution in [1.82, 2.24) is 20.1 Å². The zero-order valence-electron chi connectivity index (χ0n) is 14.9. The summed E-state index contributed by atoms with van der Waals surface area (Å²) in [5, 5.41) is 12.3. The van der Waals surface area contributed by atoms with Crippen LogP contribution in [0.5, 0.6) is 0 Å². The number of hydrogen-bond acceptors (Lipinski definition) is 5. The molecule has 0 radical (unpaired) electrons. The lowest BCUT2D eigenvalue weighted by atomic mass is 9.95. The third kappa shape index (κ3) is 4.26. The van der Waals surface area contributed by atoms with E-state index in [2.05, 4.69) is 20.1 Å². The Morgan fingerprint density at radius 1 is 1.40 bits per heavy atom. The SMILES string of the molecule is CCCNC(=O)C(C)Sc1nnc(-c2ccco2)n1C1CCCCC1. The Morgan fingerprint density at radius 2 is 2.20 bits per heavy atom. The fourth-order valence-corrected chi connectivity index (χ4v) is 4.15. The van der Waals surface area contributed by atoms with Crippen LogP contribution in [0, 0.1) is 0 Å². The average molecular weight is 362 g/mol. The Labute approximate surface area is 152 Å². The van der Waals surface area contributed by atoms with Crippen molar-refractivity contribution in [1.29, 1.82) is 0 Å². The molecule has 1 amide bonds. The van der Waals surface area contributed by atoms with E-state index < -0.39 is 0 Å². The van der Waals surface area contributed by atoms with Crippen molar-refractivity contribution in [2.45, 2.75) is 68.8 Å². The predicted molar refractivity (Wildman–Crippen MR) is 98.5 cm³/mol. The van der Waals surface area contributed by atoms with Crippen molar-refractivity contribution in [3.05, 3.63) is 18.4 Å². The molecule has 7 heteroatoms. The van der Waals surface area contributed by atoms with Crippen LogP contribution in [-0.2, 0) is 4.79 Å². The van der Waals surface area contributed by atoms with Gasteiger partial charge in [-0.25, -0.2) is 0 Å². The van der Waals surface area contributed by atoms with Gasteiger partial charge in [-0.05, 0) is 38.3 Å². The Bertz CT molecular complexity index is 677. The molecular formula is C18H26N4O2S. The van der Waals surface area contributed by atoms with E-state index in [4.69, 9.17) is 4.42 Å². The van der Waals surface area contributed by atoms with E-state index in [1.807, 2.05) is 26.0 Å². The highest BCUT2D eigenvalue weighted by Gasteiger charge is 2.27. The molecule has 1 fully saturated rings. The molecule has 2 heterocycles. The second kappa shape index (κ2) is 8.56. The molecule has 0 aromatic carbocycles. The third-order valence-corrected chi connectivity index (χ3v) is 5.60. The number of thioether (sulfide) groups is 1. The van der Waals surface area contributed by atoms with Crippen LogP contribution < -0.4 is 5.32 Å². The van der Waals surface area contributed by atoms with Gasteiger partial charge in [0.1, 0.15) is 0 Å². The van der Waals surface area contributed by atoms with E-state index in [0.717, 1.165) is 36.0 Å². The standard InChI is InChI=1S/C18H26N4O2S/c1-3-11-19-17(23)13(2)25-18-21-20-16(15-10-7-12-24-15)22(18)14-8-5-4-6-9-14/h7,10,12-14H,3-6,8-9,11H2,1-2H3,(H,19,23). The molecule has 1 saturated carbocycles. The molecule has 2 aromatic rings. The summed E-state index contributed by atoms with van der Waals surface area (Å²) in [4.78, 5) is 12.2. The molecule has 1 aliphatic carbocycles. The van der Waals surface area contributed by atoms with Crippen molar-refractivity contribution < 1.29 is 9.21 Å². The Balaban J connectivity index is 1.84. The summed E-state index contributed by atoms with van der Waals surface area (Å²) in [6, 6.07) is 4.15. The first kappa shape index (κ1) is 18.0. The first-order chi connectivity index (χ1) is 12.2. The van der Waals surface area contributed by atoms with Crippen LogP contribution in [0.2, 0.25) is 0 Å². The van der Waals surface area contributed by atoms with E-state index in [1.54, 1.807) is 6.26 Å². The van der Waals surface area contributed by atoms with Gasteiger partial charge >= 0.3 is 0 Å². The summed E-state index contributed by atoms with van der Waals surface area (Å²) in [5.74, 6) is 1.54. The third-order valence-electron chi connectivity index (χ3n) is 4.55. The van der Waals surface area contributed by atoms with Crippen molar-refractivity contribution in [3.8, 4) is 11.6 Å². The number of hydrogen-bond donors (Lipinski definition) is 1. The van der Waals surface area contributed by atoms with Gasteiger partial charge in [0.15, 0.2) is 10.9 Å². The van der Waals surface area contributed by atoms with Crippen LogP contribution in [0.4, 0.5) is 0 Å². The van der Waals surface area contributed by atoms with Crippen molar-refractivity contribution in [2.75, 3.05) is 6.54 Å². The molecule has 0 aliphatic heterocycles. The molecular weight excluding hydrogens is 336 g/mol. The normalized spacial score (nSPS) is 16.7. The maximum absolute atomic E-state index is 12.2. The van der Waals surface area contributed by atoms with E-state index in [-0.39, 0.29) is 11.2 Å². The van der Waals surface area contributed by atoms with Gasteiger partial charge in [-0.1, -0.05) is 37.9 Å². The molecule has 0 bridgehead atoms. The summed E-state index contributed by atoms with van der Waals surface area (Å²) in [7, 11) is 0. The van der Waals surface area contributed by atoms with E-state index in [1.165, 1.54) is 31.0 Å². The van der Waals surface area contributed by atoms with E-state index in [9.17, 15) is 4.79 Å². The summed E-state index contributed by atoms with van der Waals surface area (Å²) in [5.41, 5.74) is 0. The van der Waals surface area contributed by atoms with Crippen molar-refractivity contribution >= 4 is 17.7 Å². The van der Waals surface area contributed by atoms with Gasteiger partial charge in [-0.3, -0.25) is 9.36 Å². The fraction of sp³-hybridized carbons (Fsp3) is 0.611. The van der Waals surface area contributed by atoms with Crippen LogP contribution in [0.3, 0.4) is 0 Å². The lowest BCUT2D eigenvalue weighted by molar-refractivity contribution is -0.120. The number of aromatic nitrogens is 3. The Hall–Kier alpha value is -1.76. The minimum atomic E-state index is -0.206. The van der Waals surface area contributed by atoms with E-state index in [0.29, 0.717) is 12.6 Å². The maximum Gasteiger partial charge on any atom is 0.233 e. The van der Waals surface area contributed by atoms with Crippen LogP contribution in [0.1, 0.15) is 58.4 Å². The molecule has 1 atom stereocenters. The fourth-order valence-electron chi connectivity index (χ4n) is 3.20. The lowest BCUT2D eigenvalue weighted by Gasteiger charge is -2.25. The smallest absolute Gasteiger partial charge is 0.233 e. The maximum atomic E-state index is 12.2. The van der Waals surface area contributed by atoms with Crippen LogP contribution in [-0.4, -0.2) is 32.5 Å². The highest BCUT2D eigenvalue weighted by Crippen LogP contribution is 2.36. The largest absolute Gasteiger partial charge is 0.461 e. The molecule has 0 spiro atoms. The molecule has 3 rings (SSSR count). The zero-order chi connectivity index (χ0) is 17.6. The van der Waals surface area contributed by atoms with E-state index >= 15 is 0 Å². The lowest BCUT2D eigenvalue weighted by Crippen LogP contribution is -2.31. The minimum Gasteiger partial charge on any atom is -0.461 e. The van der Waals surface area contributed by atoms with Crippen molar-refractivity contribution in [2.24, 2.45) is 0 Å². The second-order valence-corrected chi connectivity index (χ2v) is 7.80. The highest BCUT2D eigenvalue weighted by molar-refractivity contribution is 8.00. The zero-order valence-corrected chi connectivity index (χ0v) is 15.7. The van der Waals surface area contributed by atoms with Gasteiger partial charge in [0.2, 0.25) is 11.7 Å². The van der Waals surface area contributed by atoms with Gasteiger partial charge in [0, 0.05) is 12.6 Å². The number of carbonyl (C=O) groups is 1. The predicted octanol–water partition coefficient (Wildman–Crippen LogP) is 4.05. The summed E-state index contributed by atoms with van der Waals surface area (Å²) < 4.78 is 7.74. The monoisotopic (exact) mass is 362 g/mol. The molecule has 2 aromatic heterocycles. The van der Waals surface area contributed by atoms with Crippen LogP contribution in [0.15, 0.2) is 28.0 Å². The topological polar surface area (TPSA) is 73.0 Å². The average Bonchev–Trinajstić information content (AvgIpc) is 3.29. The first-order valence-corrected chi connectivity index (χ1v) is 10.0. The quantitative estimate of drug-likeness (QED) is 0.752. The van der Waals surface area contributed by atoms with Crippen LogP contribution in [0.25, 0.3) is 11.6 Å². The van der Waals surface area contributed by atoms with Crippen LogP contribution >= 0.6 is 11.8 Å². The van der Waals surface area contributed by atoms with Gasteiger partial charge in [0.05, 0.1) is 11.5 Å². The second-order valence-electron chi connectivity index (χ2n) is 6.50. The van der Waals surface area contributed by atoms with Gasteiger partial charge < -0.3 is 9.73 Å².